The molecule has 0 unspecified atom stereocenters. The molecular formula is C30H28N8O3. The number of piperazine rings is 1. The third-order valence-electron chi connectivity index (χ3n) is 7.64. The van der Waals surface area contributed by atoms with E-state index in [1.807, 2.05) is 18.2 Å². The molecule has 2 aliphatic heterocycles. The molecule has 0 aliphatic carbocycles. The molecule has 11 nitrogen and oxygen atoms in total. The van der Waals surface area contributed by atoms with Gasteiger partial charge in [-0.2, -0.15) is 10.4 Å². The average Bonchev–Trinajstić information content (AvgIpc) is 3.39. The zero-order chi connectivity index (χ0) is 28.3. The molecule has 206 valence electrons. The van der Waals surface area contributed by atoms with Crippen molar-refractivity contribution in [3.05, 3.63) is 105 Å². The quantitative estimate of drug-likeness (QED) is 0.386. The third kappa shape index (κ3) is 5.19. The molecule has 0 bridgehead atoms. The van der Waals surface area contributed by atoms with Crippen molar-refractivity contribution < 1.29 is 9.53 Å². The zero-order valence-electron chi connectivity index (χ0n) is 22.5. The van der Waals surface area contributed by atoms with E-state index < -0.39 is 0 Å². The summed E-state index contributed by atoms with van der Waals surface area (Å²) in [5.74, 6) is 1.19. The van der Waals surface area contributed by atoms with Gasteiger partial charge in [-0.25, -0.2) is 10.1 Å². The van der Waals surface area contributed by atoms with Crippen LogP contribution in [0.5, 0.6) is 5.75 Å². The second-order valence-corrected chi connectivity index (χ2v) is 10.0. The number of amides is 1. The fraction of sp³-hybridized carbons (Fsp3) is 0.267. The molecule has 4 aromatic rings. The minimum absolute atomic E-state index is 0.135. The van der Waals surface area contributed by atoms with Crippen LogP contribution in [0, 0.1) is 18.3 Å². The third-order valence-corrected chi connectivity index (χ3v) is 7.64. The predicted molar refractivity (Wildman–Crippen MR) is 152 cm³/mol. The van der Waals surface area contributed by atoms with Gasteiger partial charge in [-0.05, 0) is 36.2 Å². The summed E-state index contributed by atoms with van der Waals surface area (Å²) in [5.41, 5.74) is 4.29. The number of hydrogen-bond donors (Lipinski definition) is 1. The second kappa shape index (κ2) is 11.1. The molecule has 11 heteroatoms. The highest BCUT2D eigenvalue weighted by Gasteiger charge is 2.32. The number of fused-ring (bicyclic) bond motifs is 1. The summed E-state index contributed by atoms with van der Waals surface area (Å²) in [6.07, 6.45) is 4.82. The van der Waals surface area contributed by atoms with Crippen molar-refractivity contribution in [2.24, 2.45) is 0 Å². The van der Waals surface area contributed by atoms with E-state index in [4.69, 9.17) is 10.00 Å². The fourth-order valence-corrected chi connectivity index (χ4v) is 5.37. The standard InChI is InChI=1S/C30H28N8O3/c1-20-26(17-34-35-29(20)39)38-18-22-4-2-3-5-24(22)27(38)19-41-23-8-9-32-25(14-23)30(40)37-12-10-36(11-13-37)28-7-6-21(15-31)16-33-28/h2-9,14,16-17,27H,10-13,18-19H2,1H3,(H,35,39)/t27-/m0/s1. The lowest BCUT2D eigenvalue weighted by atomic mass is 10.1. The SMILES string of the molecule is Cc1c(N2Cc3ccccc3[C@@H]2COc2ccnc(C(=O)N3CCN(c4ccc(C#N)cn4)CC3)c2)cn[nH]c1=O. The molecule has 1 atom stereocenters. The number of hydrogen-bond acceptors (Lipinski definition) is 9. The number of ether oxygens (including phenoxy) is 1. The number of nitriles is 1. The fourth-order valence-electron chi connectivity index (χ4n) is 5.37. The lowest BCUT2D eigenvalue weighted by molar-refractivity contribution is 0.0740. The molecule has 2 aliphatic rings. The van der Waals surface area contributed by atoms with Gasteiger partial charge in [0.25, 0.3) is 11.5 Å². The van der Waals surface area contributed by atoms with E-state index in [-0.39, 0.29) is 17.5 Å². The molecule has 0 saturated carbocycles. The number of benzene rings is 1. The Kier molecular flexibility index (Phi) is 7.04. The number of aromatic amines is 1. The maximum Gasteiger partial charge on any atom is 0.272 e. The first-order chi connectivity index (χ1) is 20.0. The number of H-pyrrole nitrogens is 1. The normalized spacial score (nSPS) is 16.3. The van der Waals surface area contributed by atoms with Crippen molar-refractivity contribution in [3.8, 4) is 11.8 Å². The largest absolute Gasteiger partial charge is 0.491 e. The summed E-state index contributed by atoms with van der Waals surface area (Å²) in [5, 5.41) is 15.5. The van der Waals surface area contributed by atoms with Crippen molar-refractivity contribution in [3.63, 3.8) is 0 Å². The van der Waals surface area contributed by atoms with Crippen molar-refractivity contribution in [1.29, 1.82) is 5.26 Å². The lowest BCUT2D eigenvalue weighted by Crippen LogP contribution is -2.49. The van der Waals surface area contributed by atoms with Crippen LogP contribution in [0.3, 0.4) is 0 Å². The van der Waals surface area contributed by atoms with Crippen LogP contribution >= 0.6 is 0 Å². The van der Waals surface area contributed by atoms with Crippen LogP contribution in [-0.4, -0.2) is 63.8 Å². The van der Waals surface area contributed by atoms with Gasteiger partial charge in [0, 0.05) is 56.7 Å². The molecule has 5 heterocycles. The first kappa shape index (κ1) is 26.0. The van der Waals surface area contributed by atoms with Gasteiger partial charge >= 0.3 is 0 Å². The summed E-state index contributed by atoms with van der Waals surface area (Å²) in [7, 11) is 0. The van der Waals surface area contributed by atoms with E-state index in [0.29, 0.717) is 61.9 Å². The Bertz CT molecular complexity index is 1670. The van der Waals surface area contributed by atoms with Gasteiger partial charge in [-0.3, -0.25) is 14.6 Å². The van der Waals surface area contributed by atoms with Gasteiger partial charge < -0.3 is 19.4 Å². The van der Waals surface area contributed by atoms with Crippen LogP contribution in [-0.2, 0) is 6.54 Å². The van der Waals surface area contributed by atoms with Gasteiger partial charge in [-0.15, -0.1) is 0 Å². The maximum absolute atomic E-state index is 13.3. The number of carbonyl (C=O) groups is 1. The smallest absolute Gasteiger partial charge is 0.272 e. The van der Waals surface area contributed by atoms with E-state index in [1.54, 1.807) is 48.6 Å². The number of rotatable bonds is 6. The monoisotopic (exact) mass is 548 g/mol. The minimum atomic E-state index is -0.218. The van der Waals surface area contributed by atoms with Gasteiger partial charge in [0.15, 0.2) is 0 Å². The Balaban J connectivity index is 1.13. The minimum Gasteiger partial charge on any atom is -0.491 e. The molecular weight excluding hydrogens is 520 g/mol. The van der Waals surface area contributed by atoms with Crippen LogP contribution < -0.4 is 20.1 Å². The Morgan fingerprint density at radius 1 is 1.10 bits per heavy atom. The predicted octanol–water partition coefficient (Wildman–Crippen LogP) is 2.84. The molecule has 6 rings (SSSR count). The Hall–Kier alpha value is -5.24. The number of nitrogens with one attached hydrogen (secondary N) is 1. The van der Waals surface area contributed by atoms with Gasteiger partial charge in [-0.1, -0.05) is 24.3 Å². The molecule has 1 amide bonds. The van der Waals surface area contributed by atoms with E-state index in [0.717, 1.165) is 17.1 Å². The van der Waals surface area contributed by atoms with Crippen LogP contribution in [0.2, 0.25) is 0 Å². The number of nitrogens with zero attached hydrogens (tertiary/aromatic N) is 7. The number of pyridine rings is 2. The topological polar surface area (TPSA) is 131 Å². The highest BCUT2D eigenvalue weighted by atomic mass is 16.5. The Morgan fingerprint density at radius 2 is 1.93 bits per heavy atom. The Morgan fingerprint density at radius 3 is 2.71 bits per heavy atom. The highest BCUT2D eigenvalue weighted by Crippen LogP contribution is 2.38. The lowest BCUT2D eigenvalue weighted by Gasteiger charge is -2.35. The van der Waals surface area contributed by atoms with Crippen molar-refractivity contribution >= 4 is 17.4 Å². The van der Waals surface area contributed by atoms with E-state index >= 15 is 0 Å². The molecule has 1 aromatic carbocycles. The molecule has 41 heavy (non-hydrogen) atoms. The highest BCUT2D eigenvalue weighted by molar-refractivity contribution is 5.92. The van der Waals surface area contributed by atoms with Crippen LogP contribution in [0.15, 0.2) is 71.9 Å². The van der Waals surface area contributed by atoms with Gasteiger partial charge in [0.05, 0.1) is 23.5 Å². The number of carbonyl (C=O) groups excluding carboxylic acids is 1. The van der Waals surface area contributed by atoms with Crippen molar-refractivity contribution in [2.75, 3.05) is 42.6 Å². The molecule has 1 fully saturated rings. The van der Waals surface area contributed by atoms with Crippen molar-refractivity contribution in [2.45, 2.75) is 19.5 Å². The summed E-state index contributed by atoms with van der Waals surface area (Å²) in [6, 6.07) is 17.1. The van der Waals surface area contributed by atoms with Gasteiger partial charge in [0.2, 0.25) is 0 Å². The summed E-state index contributed by atoms with van der Waals surface area (Å²) >= 11 is 0. The van der Waals surface area contributed by atoms with E-state index in [1.165, 1.54) is 5.56 Å². The first-order valence-electron chi connectivity index (χ1n) is 13.4. The van der Waals surface area contributed by atoms with E-state index in [9.17, 15) is 9.59 Å². The maximum atomic E-state index is 13.3. The van der Waals surface area contributed by atoms with Crippen molar-refractivity contribution in [1.82, 2.24) is 25.1 Å². The van der Waals surface area contributed by atoms with Crippen LogP contribution in [0.25, 0.3) is 0 Å². The van der Waals surface area contributed by atoms with E-state index in [2.05, 4.69) is 48.2 Å². The van der Waals surface area contributed by atoms with Crippen LogP contribution in [0.4, 0.5) is 11.5 Å². The molecule has 1 N–H and O–H groups in total. The second-order valence-electron chi connectivity index (χ2n) is 10.0. The molecule has 3 aromatic heterocycles. The number of aromatic nitrogens is 4. The summed E-state index contributed by atoms with van der Waals surface area (Å²) < 4.78 is 6.24. The first-order valence-corrected chi connectivity index (χ1v) is 13.4. The zero-order valence-corrected chi connectivity index (χ0v) is 22.5. The molecule has 0 spiro atoms. The average molecular weight is 549 g/mol. The molecule has 1 saturated heterocycles. The summed E-state index contributed by atoms with van der Waals surface area (Å²) in [6.45, 7) is 5.08. The molecule has 0 radical (unpaired) electrons. The number of anilines is 2. The Labute approximate surface area is 236 Å². The van der Waals surface area contributed by atoms with Crippen LogP contribution in [0.1, 0.15) is 38.8 Å². The van der Waals surface area contributed by atoms with Gasteiger partial charge in [0.1, 0.15) is 29.9 Å². The summed E-state index contributed by atoms with van der Waals surface area (Å²) in [4.78, 5) is 40.3.